The molecule has 0 bridgehead atoms. The van der Waals surface area contributed by atoms with Crippen molar-refractivity contribution in [3.63, 3.8) is 0 Å². The Morgan fingerprint density at radius 1 is 0.821 bits per heavy atom. The van der Waals surface area contributed by atoms with Crippen LogP contribution in [-0.2, 0) is 30.8 Å². The fourth-order valence-corrected chi connectivity index (χ4v) is 7.43. The van der Waals surface area contributed by atoms with E-state index >= 15 is 0 Å². The van der Waals surface area contributed by atoms with Gasteiger partial charge < -0.3 is 14.8 Å². The third-order valence-corrected chi connectivity index (χ3v) is 11.4. The molecule has 1 fully saturated rings. The van der Waals surface area contributed by atoms with Crippen LogP contribution >= 0.6 is 0 Å². The Morgan fingerprint density at radius 3 is 2.05 bits per heavy atom. The maximum absolute atomic E-state index is 13.8. The first-order valence-electron chi connectivity index (χ1n) is 17.7. The molecule has 1 saturated heterocycles. The molecule has 7 rings (SSSR count). The first-order chi connectivity index (χ1) is 26.7. The molecule has 1 N–H and O–H groups in total. The second-order valence-electron chi connectivity index (χ2n) is 13.3. The van der Waals surface area contributed by atoms with Crippen LogP contribution in [0.2, 0.25) is 0 Å². The van der Waals surface area contributed by atoms with Crippen molar-refractivity contribution in [2.75, 3.05) is 37.6 Å². The van der Waals surface area contributed by atoms with Crippen LogP contribution in [0.3, 0.4) is 0 Å². The van der Waals surface area contributed by atoms with Gasteiger partial charge in [-0.2, -0.15) is 8.78 Å². The number of ether oxygens (including phenoxy) is 2. The van der Waals surface area contributed by atoms with Crippen molar-refractivity contribution in [1.29, 1.82) is 0 Å². The molecule has 0 aliphatic carbocycles. The van der Waals surface area contributed by atoms with Crippen LogP contribution in [0, 0.1) is 11.7 Å². The smallest absolute Gasteiger partial charge is 0.388 e. The number of hydrogen-bond acceptors (Lipinski definition) is 10. The Balaban J connectivity index is 0.000000192. The second-order valence-corrected chi connectivity index (χ2v) is 17.3. The van der Waals surface area contributed by atoms with Crippen LogP contribution in [0.15, 0.2) is 107 Å². The number of nitrogens with one attached hydrogen (secondary N) is 1. The second kappa shape index (κ2) is 17.2. The van der Waals surface area contributed by atoms with E-state index in [0.29, 0.717) is 38.7 Å². The first kappa shape index (κ1) is 40.3. The Kier molecular flexibility index (Phi) is 12.4. The average molecular weight is 808 g/mol. The molecule has 1 aliphatic heterocycles. The van der Waals surface area contributed by atoms with E-state index < -0.39 is 32.1 Å². The van der Waals surface area contributed by atoms with Gasteiger partial charge in [-0.05, 0) is 90.9 Å². The van der Waals surface area contributed by atoms with Crippen LogP contribution in [0.1, 0.15) is 25.3 Å². The lowest BCUT2D eigenvalue weighted by Gasteiger charge is -2.22. The van der Waals surface area contributed by atoms with Crippen molar-refractivity contribution >= 4 is 31.0 Å². The summed E-state index contributed by atoms with van der Waals surface area (Å²) in [6.07, 6.45) is 5.41. The number of aryl methyl sites for hydroxylation is 1. The summed E-state index contributed by atoms with van der Waals surface area (Å²) >= 11 is 0. The molecule has 0 unspecified atom stereocenters. The molecule has 3 aromatic heterocycles. The standard InChI is InChI=1S/C20H14F3N3O3S.C20H26N2O3S/c1-30(27,28)15-7-5-12(6-8-15)18-16-9-10-17(29-20(22)23)24-26(16)25-19(18)13-3-2-4-14(21)11-13;1-3-15-12-19(17-4-6-18(7-5-17)26(2,23)24)22-20(13-15)21-14-16-8-10-25-11-9-16/h2-11,20H,1H3;4-7,12-13,16H,3,8-11,14H2,1-2H3,(H,21,22). The summed E-state index contributed by atoms with van der Waals surface area (Å²) in [5.74, 6) is 0.689. The van der Waals surface area contributed by atoms with Crippen molar-refractivity contribution in [2.24, 2.45) is 5.92 Å². The van der Waals surface area contributed by atoms with Crippen molar-refractivity contribution < 1.29 is 39.5 Å². The first-order valence-corrected chi connectivity index (χ1v) is 21.5. The quantitative estimate of drug-likeness (QED) is 0.138. The zero-order valence-electron chi connectivity index (χ0n) is 30.8. The molecule has 0 saturated carbocycles. The van der Waals surface area contributed by atoms with Gasteiger partial charge in [0, 0.05) is 55.0 Å². The summed E-state index contributed by atoms with van der Waals surface area (Å²) in [4.78, 5) is 5.20. The molecule has 1 aliphatic rings. The molecule has 3 aromatic carbocycles. The SMILES string of the molecule is CCc1cc(NCC2CCOCC2)nc(-c2ccc(S(C)(=O)=O)cc2)c1.CS(=O)(=O)c1ccc(-c2c(-c3cccc(F)c3)nn3nc(OC(F)F)ccc23)cc1. The lowest BCUT2D eigenvalue weighted by Crippen LogP contribution is -2.23. The van der Waals surface area contributed by atoms with Crippen LogP contribution in [-0.4, -0.2) is 75.5 Å². The molecule has 0 amide bonds. The van der Waals surface area contributed by atoms with Crippen molar-refractivity contribution in [1.82, 2.24) is 19.8 Å². The molecular weight excluding hydrogens is 768 g/mol. The van der Waals surface area contributed by atoms with Crippen LogP contribution < -0.4 is 10.1 Å². The van der Waals surface area contributed by atoms with E-state index in [1.165, 1.54) is 54.3 Å². The number of benzene rings is 3. The maximum Gasteiger partial charge on any atom is 0.388 e. The summed E-state index contributed by atoms with van der Waals surface area (Å²) in [5, 5.41) is 11.7. The predicted molar refractivity (Wildman–Crippen MR) is 208 cm³/mol. The normalized spacial score (nSPS) is 13.7. The van der Waals surface area contributed by atoms with E-state index in [-0.39, 0.29) is 10.8 Å². The summed E-state index contributed by atoms with van der Waals surface area (Å²) in [6.45, 7) is 1.65. The van der Waals surface area contributed by atoms with Crippen LogP contribution in [0.5, 0.6) is 5.88 Å². The molecule has 0 spiro atoms. The van der Waals surface area contributed by atoms with E-state index in [0.717, 1.165) is 67.0 Å². The van der Waals surface area contributed by atoms with Crippen molar-refractivity contribution in [3.8, 4) is 39.5 Å². The number of anilines is 1. The number of hydrogen-bond donors (Lipinski definition) is 1. The van der Waals surface area contributed by atoms with E-state index in [4.69, 9.17) is 9.72 Å². The number of alkyl halides is 2. The third-order valence-electron chi connectivity index (χ3n) is 9.14. The molecule has 16 heteroatoms. The minimum absolute atomic E-state index is 0.140. The Labute approximate surface area is 323 Å². The topological polar surface area (TPSA) is 142 Å². The molecule has 0 atom stereocenters. The van der Waals surface area contributed by atoms with Crippen molar-refractivity contribution in [3.05, 3.63) is 108 Å². The highest BCUT2D eigenvalue weighted by molar-refractivity contribution is 7.91. The number of pyridine rings is 1. The summed E-state index contributed by atoms with van der Waals surface area (Å²) in [7, 11) is -6.57. The molecule has 294 valence electrons. The van der Waals surface area contributed by atoms with E-state index in [1.807, 2.05) is 12.1 Å². The fourth-order valence-electron chi connectivity index (χ4n) is 6.17. The van der Waals surface area contributed by atoms with Gasteiger partial charge in [-0.15, -0.1) is 14.8 Å². The number of sulfone groups is 2. The molecule has 4 heterocycles. The van der Waals surface area contributed by atoms with Gasteiger partial charge in [0.15, 0.2) is 19.7 Å². The highest BCUT2D eigenvalue weighted by Crippen LogP contribution is 2.36. The molecule has 0 radical (unpaired) electrons. The molecule has 11 nitrogen and oxygen atoms in total. The Bertz CT molecular complexity index is 2530. The number of nitrogens with zero attached hydrogens (tertiary/aromatic N) is 4. The highest BCUT2D eigenvalue weighted by Gasteiger charge is 2.20. The van der Waals surface area contributed by atoms with Gasteiger partial charge >= 0.3 is 6.61 Å². The molecule has 56 heavy (non-hydrogen) atoms. The third kappa shape index (κ3) is 10.1. The summed E-state index contributed by atoms with van der Waals surface area (Å²) in [6, 6.07) is 25.7. The minimum atomic E-state index is -3.39. The lowest BCUT2D eigenvalue weighted by atomic mass is 10.00. The number of fused-ring (bicyclic) bond motifs is 1. The lowest BCUT2D eigenvalue weighted by molar-refractivity contribution is -0.0536. The average Bonchev–Trinajstić information content (AvgIpc) is 3.56. The van der Waals surface area contributed by atoms with Gasteiger partial charge in [0.1, 0.15) is 17.3 Å². The number of aromatic nitrogens is 4. The molecule has 6 aromatic rings. The predicted octanol–water partition coefficient (Wildman–Crippen LogP) is 7.76. The van der Waals surface area contributed by atoms with Gasteiger partial charge in [0.05, 0.1) is 21.0 Å². The largest absolute Gasteiger partial charge is 0.415 e. The maximum atomic E-state index is 13.8. The van der Waals surface area contributed by atoms with Gasteiger partial charge in [0.25, 0.3) is 0 Å². The van der Waals surface area contributed by atoms with E-state index in [1.54, 1.807) is 30.3 Å². The van der Waals surface area contributed by atoms with E-state index in [9.17, 15) is 30.0 Å². The van der Waals surface area contributed by atoms with Gasteiger partial charge in [0.2, 0.25) is 5.88 Å². The van der Waals surface area contributed by atoms with E-state index in [2.05, 4.69) is 39.3 Å². The van der Waals surface area contributed by atoms with Gasteiger partial charge in [-0.3, -0.25) is 0 Å². The monoisotopic (exact) mass is 807 g/mol. The van der Waals surface area contributed by atoms with Gasteiger partial charge in [-0.1, -0.05) is 43.3 Å². The van der Waals surface area contributed by atoms with Crippen LogP contribution in [0.4, 0.5) is 19.0 Å². The number of rotatable bonds is 11. The summed E-state index contributed by atoms with van der Waals surface area (Å²) in [5.41, 5.74) is 5.36. The summed E-state index contributed by atoms with van der Waals surface area (Å²) < 4.78 is 96.5. The fraction of sp³-hybridized carbons (Fsp3) is 0.275. The molecular formula is C40H40F3N5O6S2. The number of halogens is 3. The highest BCUT2D eigenvalue weighted by atomic mass is 32.2. The van der Waals surface area contributed by atoms with Crippen molar-refractivity contribution in [2.45, 2.75) is 42.6 Å². The minimum Gasteiger partial charge on any atom is -0.415 e. The Hall–Kier alpha value is -5.32. The Morgan fingerprint density at radius 2 is 1.46 bits per heavy atom. The van der Waals surface area contributed by atoms with Gasteiger partial charge in [-0.25, -0.2) is 26.2 Å². The van der Waals surface area contributed by atoms with Crippen LogP contribution in [0.25, 0.3) is 39.2 Å². The zero-order valence-corrected chi connectivity index (χ0v) is 32.5. The zero-order chi connectivity index (χ0) is 40.0.